The molecule has 0 aliphatic heterocycles. The van der Waals surface area contributed by atoms with Crippen LogP contribution in [-0.4, -0.2) is 6.61 Å². The average Bonchev–Trinajstić information content (AvgIpc) is 3.19. The average molecular weight is 350 g/mol. The fourth-order valence-electron chi connectivity index (χ4n) is 5.36. The SMILES string of the molecule is CCCOc1ccc(CCC2CCC3C(CCC)CCC23)c(F)c1F. The Hall–Kier alpha value is -1.12. The Morgan fingerprint density at radius 1 is 0.880 bits per heavy atom. The first-order valence-electron chi connectivity index (χ1n) is 10.2. The molecule has 3 heteroatoms. The van der Waals surface area contributed by atoms with Crippen LogP contribution in [0.4, 0.5) is 8.78 Å². The second kappa shape index (κ2) is 8.51. The lowest BCUT2D eigenvalue weighted by Crippen LogP contribution is -2.14. The maximum atomic E-state index is 14.3. The number of rotatable bonds is 8. The lowest BCUT2D eigenvalue weighted by molar-refractivity contribution is 0.290. The van der Waals surface area contributed by atoms with Crippen LogP contribution in [0.15, 0.2) is 12.1 Å². The molecule has 25 heavy (non-hydrogen) atoms. The molecule has 0 spiro atoms. The second-order valence-corrected chi connectivity index (χ2v) is 8.03. The molecule has 140 valence electrons. The smallest absolute Gasteiger partial charge is 0.200 e. The van der Waals surface area contributed by atoms with E-state index in [1.165, 1.54) is 38.5 Å². The van der Waals surface area contributed by atoms with Gasteiger partial charge in [0.15, 0.2) is 11.6 Å². The van der Waals surface area contributed by atoms with Gasteiger partial charge in [-0.25, -0.2) is 4.39 Å². The zero-order valence-corrected chi connectivity index (χ0v) is 15.7. The predicted molar refractivity (Wildman–Crippen MR) is 97.8 cm³/mol. The van der Waals surface area contributed by atoms with Crippen molar-refractivity contribution in [3.8, 4) is 5.75 Å². The van der Waals surface area contributed by atoms with Crippen LogP contribution in [0.5, 0.6) is 5.75 Å². The summed E-state index contributed by atoms with van der Waals surface area (Å²) in [6.45, 7) is 4.65. The van der Waals surface area contributed by atoms with Gasteiger partial charge in [0.2, 0.25) is 5.82 Å². The van der Waals surface area contributed by atoms with Gasteiger partial charge >= 0.3 is 0 Å². The molecule has 0 bridgehead atoms. The van der Waals surface area contributed by atoms with E-state index in [0.717, 1.165) is 30.6 Å². The van der Waals surface area contributed by atoms with Gasteiger partial charge in [-0.2, -0.15) is 4.39 Å². The summed E-state index contributed by atoms with van der Waals surface area (Å²) in [6, 6.07) is 3.30. The van der Waals surface area contributed by atoms with Crippen LogP contribution in [0.2, 0.25) is 0 Å². The van der Waals surface area contributed by atoms with Crippen LogP contribution < -0.4 is 4.74 Å². The molecule has 4 unspecified atom stereocenters. The number of ether oxygens (including phenoxy) is 1. The molecule has 2 fully saturated rings. The van der Waals surface area contributed by atoms with Crippen molar-refractivity contribution < 1.29 is 13.5 Å². The van der Waals surface area contributed by atoms with Crippen molar-refractivity contribution in [3.63, 3.8) is 0 Å². The van der Waals surface area contributed by atoms with Crippen LogP contribution in [0, 0.1) is 35.3 Å². The Kier molecular flexibility index (Phi) is 6.35. The first-order valence-corrected chi connectivity index (χ1v) is 10.2. The van der Waals surface area contributed by atoms with E-state index in [-0.39, 0.29) is 5.75 Å². The normalized spacial score (nSPS) is 28.3. The molecule has 2 saturated carbocycles. The minimum Gasteiger partial charge on any atom is -0.490 e. The number of hydrogen-bond donors (Lipinski definition) is 0. The van der Waals surface area contributed by atoms with Crippen molar-refractivity contribution in [2.45, 2.75) is 71.6 Å². The van der Waals surface area contributed by atoms with Gasteiger partial charge in [0.25, 0.3) is 0 Å². The van der Waals surface area contributed by atoms with Crippen LogP contribution in [0.1, 0.15) is 70.8 Å². The van der Waals surface area contributed by atoms with E-state index in [9.17, 15) is 8.78 Å². The van der Waals surface area contributed by atoms with Crippen LogP contribution >= 0.6 is 0 Å². The summed E-state index contributed by atoms with van der Waals surface area (Å²) in [4.78, 5) is 0. The summed E-state index contributed by atoms with van der Waals surface area (Å²) in [5.41, 5.74) is 0.507. The summed E-state index contributed by atoms with van der Waals surface area (Å²) in [5, 5.41) is 0. The number of benzene rings is 1. The molecule has 3 rings (SSSR count). The minimum atomic E-state index is -0.820. The molecule has 0 radical (unpaired) electrons. The van der Waals surface area contributed by atoms with Gasteiger partial charge in [0, 0.05) is 0 Å². The van der Waals surface area contributed by atoms with E-state index in [4.69, 9.17) is 4.74 Å². The molecule has 2 aliphatic rings. The van der Waals surface area contributed by atoms with Gasteiger partial charge in [0.1, 0.15) is 0 Å². The summed E-state index contributed by atoms with van der Waals surface area (Å²) in [5.74, 6) is 1.86. The van der Waals surface area contributed by atoms with E-state index >= 15 is 0 Å². The number of hydrogen-bond acceptors (Lipinski definition) is 1. The highest BCUT2D eigenvalue weighted by atomic mass is 19.2. The molecule has 0 heterocycles. The Bertz CT molecular complexity index is 571. The molecule has 1 aromatic rings. The summed E-state index contributed by atoms with van der Waals surface area (Å²) in [6.07, 6.45) is 10.4. The fraction of sp³-hybridized carbons (Fsp3) is 0.727. The van der Waals surface area contributed by atoms with E-state index in [1.54, 1.807) is 12.1 Å². The topological polar surface area (TPSA) is 9.23 Å². The van der Waals surface area contributed by atoms with Crippen LogP contribution in [-0.2, 0) is 6.42 Å². The van der Waals surface area contributed by atoms with Crippen molar-refractivity contribution in [2.24, 2.45) is 23.7 Å². The summed E-state index contributed by atoms with van der Waals surface area (Å²) in [7, 11) is 0. The van der Waals surface area contributed by atoms with Gasteiger partial charge in [0.05, 0.1) is 6.61 Å². The van der Waals surface area contributed by atoms with E-state index in [0.29, 0.717) is 24.5 Å². The molecule has 0 amide bonds. The maximum absolute atomic E-state index is 14.3. The number of aryl methyl sites for hydroxylation is 1. The predicted octanol–water partition coefficient (Wildman–Crippen LogP) is 6.54. The Morgan fingerprint density at radius 3 is 2.20 bits per heavy atom. The molecule has 0 aromatic heterocycles. The highest BCUT2D eigenvalue weighted by molar-refractivity contribution is 5.31. The first-order chi connectivity index (χ1) is 12.2. The van der Waals surface area contributed by atoms with Gasteiger partial charge in [-0.1, -0.05) is 32.8 Å². The highest BCUT2D eigenvalue weighted by Gasteiger charge is 2.43. The van der Waals surface area contributed by atoms with Gasteiger partial charge in [-0.15, -0.1) is 0 Å². The molecular formula is C22H32F2O. The second-order valence-electron chi connectivity index (χ2n) is 8.03. The van der Waals surface area contributed by atoms with Crippen molar-refractivity contribution >= 4 is 0 Å². The molecule has 2 aliphatic carbocycles. The number of fused-ring (bicyclic) bond motifs is 1. The third-order valence-corrected chi connectivity index (χ3v) is 6.53. The molecule has 4 atom stereocenters. The monoisotopic (exact) mass is 350 g/mol. The van der Waals surface area contributed by atoms with E-state index < -0.39 is 11.6 Å². The third kappa shape index (κ3) is 4.01. The van der Waals surface area contributed by atoms with Crippen molar-refractivity contribution in [2.75, 3.05) is 6.61 Å². The highest BCUT2D eigenvalue weighted by Crippen LogP contribution is 2.53. The molecule has 0 saturated heterocycles. The van der Waals surface area contributed by atoms with Crippen LogP contribution in [0.25, 0.3) is 0 Å². The van der Waals surface area contributed by atoms with Crippen molar-refractivity contribution in [1.29, 1.82) is 0 Å². The minimum absolute atomic E-state index is 0.0437. The lowest BCUT2D eigenvalue weighted by atomic mass is 9.85. The van der Waals surface area contributed by atoms with E-state index in [1.807, 2.05) is 6.92 Å². The van der Waals surface area contributed by atoms with Gasteiger partial charge < -0.3 is 4.74 Å². The third-order valence-electron chi connectivity index (χ3n) is 6.53. The van der Waals surface area contributed by atoms with Gasteiger partial charge in [-0.05, 0) is 80.2 Å². The quantitative estimate of drug-likeness (QED) is 0.517. The Balaban J connectivity index is 1.58. The lowest BCUT2D eigenvalue weighted by Gasteiger charge is -2.21. The van der Waals surface area contributed by atoms with E-state index in [2.05, 4.69) is 6.92 Å². The fourth-order valence-corrected chi connectivity index (χ4v) is 5.36. The maximum Gasteiger partial charge on any atom is 0.200 e. The Labute approximate surface area is 151 Å². The molecule has 1 aromatic carbocycles. The molecule has 1 nitrogen and oxygen atoms in total. The Morgan fingerprint density at radius 2 is 1.56 bits per heavy atom. The number of halogens is 2. The standard InChI is InChI=1S/C22H32F2O/c1-3-5-15-8-11-19-16(9-12-18(15)19)6-7-17-10-13-20(25-14-4-2)22(24)21(17)23/h10,13,15-16,18-19H,3-9,11-12,14H2,1-2H3. The summed E-state index contributed by atoms with van der Waals surface area (Å²) >= 11 is 0. The summed E-state index contributed by atoms with van der Waals surface area (Å²) < 4.78 is 33.8. The van der Waals surface area contributed by atoms with Crippen LogP contribution in [0.3, 0.4) is 0 Å². The molecule has 0 N–H and O–H groups in total. The molecular weight excluding hydrogens is 318 g/mol. The zero-order valence-electron chi connectivity index (χ0n) is 15.7. The first kappa shape index (κ1) is 18.7. The van der Waals surface area contributed by atoms with Crippen molar-refractivity contribution in [3.05, 3.63) is 29.3 Å². The van der Waals surface area contributed by atoms with Gasteiger partial charge in [-0.3, -0.25) is 0 Å². The largest absolute Gasteiger partial charge is 0.490 e. The zero-order chi connectivity index (χ0) is 17.8. The van der Waals surface area contributed by atoms with Crippen molar-refractivity contribution in [1.82, 2.24) is 0 Å².